The molecule has 0 aliphatic heterocycles. The Labute approximate surface area is 162 Å². The molecule has 1 N–H and O–H groups in total. The molecule has 1 aliphatic rings. The van der Waals surface area contributed by atoms with Crippen LogP contribution in [0.3, 0.4) is 0 Å². The highest BCUT2D eigenvalue weighted by Crippen LogP contribution is 2.30. The number of aromatic nitrogens is 4. The maximum atomic E-state index is 11.3. The van der Waals surface area contributed by atoms with E-state index in [4.69, 9.17) is 4.74 Å². The Bertz CT molecular complexity index is 1140. The predicted molar refractivity (Wildman–Crippen MR) is 108 cm³/mol. The Morgan fingerprint density at radius 3 is 2.86 bits per heavy atom. The molecule has 0 saturated heterocycles. The molecular formula is C22H18N4O2. The summed E-state index contributed by atoms with van der Waals surface area (Å²) >= 11 is 0. The van der Waals surface area contributed by atoms with Crippen molar-refractivity contribution in [3.63, 3.8) is 0 Å². The topological polar surface area (TPSA) is 80.8 Å². The van der Waals surface area contributed by atoms with Crippen LogP contribution in [0.2, 0.25) is 0 Å². The van der Waals surface area contributed by atoms with Gasteiger partial charge in [-0.3, -0.25) is 19.9 Å². The van der Waals surface area contributed by atoms with E-state index in [2.05, 4.69) is 20.2 Å². The zero-order valence-electron chi connectivity index (χ0n) is 15.5. The maximum absolute atomic E-state index is 11.3. The standard InChI is InChI=1S/C22H18N4O2/c1-14-5-3-8-20(25-14)22-18(13-24-26-22)16-6-4-7-17-19(10-9-16)23-12-11-21(17)28-15(2)27/h3-13H,1-2H3,(H,24,26)/b6-4?,7-4+,10-9?,16-6-,16-9?,17-7?,19-10?. The molecule has 3 heterocycles. The van der Waals surface area contributed by atoms with Gasteiger partial charge in [-0.1, -0.05) is 24.3 Å². The number of rotatable bonds is 3. The van der Waals surface area contributed by atoms with E-state index in [9.17, 15) is 4.79 Å². The van der Waals surface area contributed by atoms with Gasteiger partial charge in [0.25, 0.3) is 0 Å². The quantitative estimate of drug-likeness (QED) is 0.698. The molecule has 6 nitrogen and oxygen atoms in total. The van der Waals surface area contributed by atoms with Crippen LogP contribution < -0.4 is 4.74 Å². The molecule has 0 saturated carbocycles. The van der Waals surface area contributed by atoms with E-state index in [-0.39, 0.29) is 5.97 Å². The van der Waals surface area contributed by atoms with Gasteiger partial charge < -0.3 is 4.74 Å². The number of esters is 1. The number of hydrogen-bond donors (Lipinski definition) is 1. The SMILES string of the molecule is CC(=O)Oc1ccnc2c1/C=C/C=C(\c1cn[nH]c1-c1cccc(C)n1)C=C2. The number of allylic oxidation sites excluding steroid dienone is 4. The van der Waals surface area contributed by atoms with Crippen LogP contribution in [0.5, 0.6) is 5.75 Å². The number of carbonyl (C=O) groups is 1. The molecule has 4 rings (SSSR count). The molecule has 3 aromatic rings. The zero-order chi connectivity index (χ0) is 19.5. The van der Waals surface area contributed by atoms with E-state index in [1.807, 2.05) is 55.5 Å². The third kappa shape index (κ3) is 3.53. The Hall–Kier alpha value is -3.80. The number of carbonyl (C=O) groups excluding carboxylic acids is 1. The van der Waals surface area contributed by atoms with Crippen LogP contribution in [0.25, 0.3) is 29.1 Å². The summed E-state index contributed by atoms with van der Waals surface area (Å²) in [5.74, 6) is 0.126. The van der Waals surface area contributed by atoms with Crippen molar-refractivity contribution in [2.24, 2.45) is 0 Å². The number of pyridine rings is 2. The van der Waals surface area contributed by atoms with Crippen molar-refractivity contribution in [3.05, 3.63) is 77.4 Å². The second-order valence-corrected chi connectivity index (χ2v) is 6.34. The Balaban J connectivity index is 1.74. The first-order valence-electron chi connectivity index (χ1n) is 8.83. The zero-order valence-corrected chi connectivity index (χ0v) is 15.5. The first kappa shape index (κ1) is 17.6. The monoisotopic (exact) mass is 370 g/mol. The van der Waals surface area contributed by atoms with Gasteiger partial charge in [0.15, 0.2) is 0 Å². The molecule has 3 aromatic heterocycles. The van der Waals surface area contributed by atoms with Gasteiger partial charge in [0.05, 0.1) is 23.3 Å². The van der Waals surface area contributed by atoms with Gasteiger partial charge in [0.2, 0.25) is 0 Å². The first-order chi connectivity index (χ1) is 13.6. The number of fused-ring (bicyclic) bond motifs is 1. The highest BCUT2D eigenvalue weighted by atomic mass is 16.5. The van der Waals surface area contributed by atoms with Crippen LogP contribution in [0.4, 0.5) is 0 Å². The number of nitrogens with zero attached hydrogens (tertiary/aromatic N) is 3. The Kier molecular flexibility index (Phi) is 4.68. The van der Waals surface area contributed by atoms with E-state index < -0.39 is 0 Å². The highest BCUT2D eigenvalue weighted by Gasteiger charge is 2.14. The smallest absolute Gasteiger partial charge is 0.308 e. The van der Waals surface area contributed by atoms with Gasteiger partial charge in [-0.05, 0) is 42.8 Å². The molecule has 0 unspecified atom stereocenters. The number of aromatic amines is 1. The molecule has 1 aliphatic carbocycles. The van der Waals surface area contributed by atoms with Crippen molar-refractivity contribution in [3.8, 4) is 17.1 Å². The van der Waals surface area contributed by atoms with Crippen LogP contribution in [-0.2, 0) is 4.79 Å². The molecule has 0 radical (unpaired) electrons. The minimum Gasteiger partial charge on any atom is -0.426 e. The van der Waals surface area contributed by atoms with Gasteiger partial charge in [-0.25, -0.2) is 0 Å². The number of H-pyrrole nitrogens is 1. The van der Waals surface area contributed by atoms with Crippen molar-refractivity contribution in [2.45, 2.75) is 13.8 Å². The molecule has 0 atom stereocenters. The molecule has 6 heteroatoms. The summed E-state index contributed by atoms with van der Waals surface area (Å²) in [6.45, 7) is 3.34. The fourth-order valence-electron chi connectivity index (χ4n) is 3.05. The van der Waals surface area contributed by atoms with Crippen LogP contribution in [0.15, 0.2) is 54.9 Å². The molecule has 138 valence electrons. The van der Waals surface area contributed by atoms with Crippen LogP contribution >= 0.6 is 0 Å². The maximum Gasteiger partial charge on any atom is 0.308 e. The molecule has 0 spiro atoms. The van der Waals surface area contributed by atoms with Gasteiger partial charge in [-0.2, -0.15) is 5.10 Å². The molecule has 0 fully saturated rings. The van der Waals surface area contributed by atoms with Crippen molar-refractivity contribution >= 4 is 23.7 Å². The van der Waals surface area contributed by atoms with Crippen LogP contribution in [0.1, 0.15) is 29.4 Å². The Morgan fingerprint density at radius 1 is 1.14 bits per heavy atom. The van der Waals surface area contributed by atoms with Crippen LogP contribution in [-0.4, -0.2) is 26.1 Å². The lowest BCUT2D eigenvalue weighted by Gasteiger charge is -2.10. The van der Waals surface area contributed by atoms with Gasteiger partial charge >= 0.3 is 5.97 Å². The first-order valence-corrected chi connectivity index (χ1v) is 8.83. The normalized spacial score (nSPS) is 15.7. The third-order valence-corrected chi connectivity index (χ3v) is 4.29. The fourth-order valence-corrected chi connectivity index (χ4v) is 3.05. The minimum absolute atomic E-state index is 0.363. The summed E-state index contributed by atoms with van der Waals surface area (Å²) in [4.78, 5) is 20.3. The highest BCUT2D eigenvalue weighted by molar-refractivity contribution is 5.88. The third-order valence-electron chi connectivity index (χ3n) is 4.29. The summed E-state index contributed by atoms with van der Waals surface area (Å²) in [5, 5.41) is 7.26. The summed E-state index contributed by atoms with van der Waals surface area (Å²) in [6, 6.07) is 7.57. The van der Waals surface area contributed by atoms with E-state index in [1.54, 1.807) is 18.5 Å². The van der Waals surface area contributed by atoms with E-state index in [1.165, 1.54) is 6.92 Å². The summed E-state index contributed by atoms with van der Waals surface area (Å²) in [6.07, 6.45) is 13.1. The average molecular weight is 370 g/mol. The fraction of sp³-hybridized carbons (Fsp3) is 0.0909. The van der Waals surface area contributed by atoms with Gasteiger partial charge in [0.1, 0.15) is 5.75 Å². The lowest BCUT2D eigenvalue weighted by molar-refractivity contribution is -0.131. The summed E-state index contributed by atoms with van der Waals surface area (Å²) in [5.41, 5.74) is 6.03. The number of aryl methyl sites for hydroxylation is 1. The second-order valence-electron chi connectivity index (χ2n) is 6.34. The van der Waals surface area contributed by atoms with E-state index in [0.717, 1.165) is 39.5 Å². The summed E-state index contributed by atoms with van der Waals surface area (Å²) in [7, 11) is 0. The Morgan fingerprint density at radius 2 is 2.04 bits per heavy atom. The van der Waals surface area contributed by atoms with Gasteiger partial charge in [0, 0.05) is 29.9 Å². The molecular weight excluding hydrogens is 352 g/mol. The van der Waals surface area contributed by atoms with Gasteiger partial charge in [-0.15, -0.1) is 0 Å². The minimum atomic E-state index is -0.363. The van der Waals surface area contributed by atoms with Crippen molar-refractivity contribution in [1.29, 1.82) is 0 Å². The number of ether oxygens (including phenoxy) is 1. The molecule has 28 heavy (non-hydrogen) atoms. The largest absolute Gasteiger partial charge is 0.426 e. The average Bonchev–Trinajstić information content (AvgIpc) is 3.12. The van der Waals surface area contributed by atoms with Crippen molar-refractivity contribution in [1.82, 2.24) is 20.2 Å². The molecule has 0 aromatic carbocycles. The molecule has 0 bridgehead atoms. The summed E-state index contributed by atoms with van der Waals surface area (Å²) < 4.78 is 5.29. The lowest BCUT2D eigenvalue weighted by atomic mass is 10.00. The van der Waals surface area contributed by atoms with Crippen molar-refractivity contribution < 1.29 is 9.53 Å². The van der Waals surface area contributed by atoms with Crippen LogP contribution in [0, 0.1) is 6.92 Å². The second kappa shape index (κ2) is 7.44. The van der Waals surface area contributed by atoms with Crippen molar-refractivity contribution in [2.75, 3.05) is 0 Å². The lowest BCUT2D eigenvalue weighted by Crippen LogP contribution is -2.04. The number of nitrogens with one attached hydrogen (secondary N) is 1. The number of hydrogen-bond acceptors (Lipinski definition) is 5. The predicted octanol–water partition coefficient (Wildman–Crippen LogP) is 4.22. The van der Waals surface area contributed by atoms with E-state index >= 15 is 0 Å². The molecule has 0 amide bonds. The van der Waals surface area contributed by atoms with E-state index in [0.29, 0.717) is 5.75 Å².